The van der Waals surface area contributed by atoms with Gasteiger partial charge in [-0.05, 0) is 17.0 Å². The van der Waals surface area contributed by atoms with E-state index in [0.29, 0.717) is 26.2 Å². The molecule has 33 heavy (non-hydrogen) atoms. The van der Waals surface area contributed by atoms with Gasteiger partial charge in [-0.3, -0.25) is 9.69 Å². The van der Waals surface area contributed by atoms with Crippen LogP contribution in [0.2, 0.25) is 0 Å². The minimum Gasteiger partial charge on any atom is -0.480 e. The Hall–Kier alpha value is -3.63. The summed E-state index contributed by atoms with van der Waals surface area (Å²) in [5.41, 5.74) is 2.30. The van der Waals surface area contributed by atoms with Gasteiger partial charge in [0.2, 0.25) is 0 Å². The lowest BCUT2D eigenvalue weighted by Gasteiger charge is -2.39. The summed E-state index contributed by atoms with van der Waals surface area (Å²) in [6, 6.07) is 21.7. The van der Waals surface area contributed by atoms with Crippen molar-refractivity contribution in [1.29, 1.82) is 5.26 Å². The van der Waals surface area contributed by atoms with Crippen molar-refractivity contribution in [2.24, 2.45) is 5.92 Å². The highest BCUT2D eigenvalue weighted by atomic mass is 16.4. The molecular weight excluding hydrogens is 416 g/mol. The second-order valence-corrected chi connectivity index (χ2v) is 8.45. The Morgan fingerprint density at radius 3 is 1.91 bits per heavy atom. The van der Waals surface area contributed by atoms with E-state index >= 15 is 0 Å². The summed E-state index contributed by atoms with van der Waals surface area (Å²) in [7, 11) is 0. The fraction of sp³-hybridized carbons (Fsp3) is 0.346. The number of nitriles is 1. The first-order chi connectivity index (χ1) is 15.9. The normalized spacial score (nSPS) is 15.8. The van der Waals surface area contributed by atoms with Crippen LogP contribution >= 0.6 is 0 Å². The molecule has 172 valence electrons. The van der Waals surface area contributed by atoms with Gasteiger partial charge in [0, 0.05) is 32.4 Å². The molecule has 2 aromatic rings. The summed E-state index contributed by atoms with van der Waals surface area (Å²) in [5, 5.41) is 21.5. The smallest absolute Gasteiger partial charge is 0.326 e. The molecule has 1 atom stereocenters. The van der Waals surface area contributed by atoms with Crippen molar-refractivity contribution < 1.29 is 14.7 Å². The van der Waals surface area contributed by atoms with Crippen LogP contribution in [-0.2, 0) is 9.59 Å². The van der Waals surface area contributed by atoms with Gasteiger partial charge in [0.15, 0.2) is 0 Å². The Morgan fingerprint density at radius 1 is 0.970 bits per heavy atom. The zero-order valence-corrected chi connectivity index (χ0v) is 19.0. The number of amides is 1. The summed E-state index contributed by atoms with van der Waals surface area (Å²) < 4.78 is 0. The Morgan fingerprint density at radius 2 is 1.48 bits per heavy atom. The molecule has 1 saturated heterocycles. The van der Waals surface area contributed by atoms with E-state index in [1.807, 2.05) is 42.5 Å². The first kappa shape index (κ1) is 24.0. The van der Waals surface area contributed by atoms with Gasteiger partial charge in [0.25, 0.3) is 5.91 Å². The van der Waals surface area contributed by atoms with Crippen LogP contribution in [0.1, 0.15) is 31.0 Å². The number of rotatable bonds is 8. The third-order valence-electron chi connectivity index (χ3n) is 5.89. The SMILES string of the molecule is CC(C)C(N/C=C(/C#N)C(=O)N1CCN(C(c2ccccc2)c2ccccc2)CC1)C(=O)O. The van der Waals surface area contributed by atoms with E-state index < -0.39 is 12.0 Å². The molecular formula is C26H30N4O3. The molecule has 1 fully saturated rings. The fourth-order valence-corrected chi connectivity index (χ4v) is 4.10. The molecule has 1 amide bonds. The maximum atomic E-state index is 12.9. The van der Waals surface area contributed by atoms with Crippen molar-refractivity contribution in [3.05, 3.63) is 83.6 Å². The maximum Gasteiger partial charge on any atom is 0.326 e. The Balaban J connectivity index is 1.71. The molecule has 0 aliphatic carbocycles. The highest BCUT2D eigenvalue weighted by Crippen LogP contribution is 2.29. The third kappa shape index (κ3) is 5.99. The van der Waals surface area contributed by atoms with E-state index in [-0.39, 0.29) is 23.4 Å². The van der Waals surface area contributed by atoms with Crippen molar-refractivity contribution in [3.63, 3.8) is 0 Å². The topological polar surface area (TPSA) is 96.7 Å². The fourth-order valence-electron chi connectivity index (χ4n) is 4.10. The summed E-state index contributed by atoms with van der Waals surface area (Å²) >= 11 is 0. The zero-order chi connectivity index (χ0) is 23.8. The first-order valence-corrected chi connectivity index (χ1v) is 11.1. The van der Waals surface area contributed by atoms with Crippen molar-refractivity contribution in [2.45, 2.75) is 25.9 Å². The van der Waals surface area contributed by atoms with Crippen LogP contribution in [0.5, 0.6) is 0 Å². The molecule has 1 unspecified atom stereocenters. The molecule has 0 aromatic heterocycles. The maximum absolute atomic E-state index is 12.9. The van der Waals surface area contributed by atoms with Gasteiger partial charge in [-0.1, -0.05) is 74.5 Å². The van der Waals surface area contributed by atoms with E-state index in [2.05, 4.69) is 34.5 Å². The first-order valence-electron chi connectivity index (χ1n) is 11.1. The van der Waals surface area contributed by atoms with Crippen LogP contribution < -0.4 is 5.32 Å². The number of carbonyl (C=O) groups is 2. The molecule has 1 aliphatic heterocycles. The molecule has 1 aliphatic rings. The van der Waals surface area contributed by atoms with Gasteiger partial charge in [-0.15, -0.1) is 0 Å². The largest absolute Gasteiger partial charge is 0.480 e. The predicted molar refractivity (Wildman–Crippen MR) is 126 cm³/mol. The monoisotopic (exact) mass is 446 g/mol. The number of piperazine rings is 1. The van der Waals surface area contributed by atoms with E-state index in [4.69, 9.17) is 0 Å². The molecule has 0 radical (unpaired) electrons. The number of aliphatic carboxylic acids is 1. The zero-order valence-electron chi connectivity index (χ0n) is 19.0. The number of nitrogens with one attached hydrogen (secondary N) is 1. The molecule has 1 heterocycles. The van der Waals surface area contributed by atoms with E-state index in [1.165, 1.54) is 17.3 Å². The lowest BCUT2D eigenvalue weighted by atomic mass is 9.96. The standard InChI is InChI=1S/C26H30N4O3/c1-19(2)23(26(32)33)28-18-22(17-27)25(31)30-15-13-29(14-16-30)24(20-9-5-3-6-10-20)21-11-7-4-8-12-21/h3-12,18-19,23-24,28H,13-16H2,1-2H3,(H,32,33)/b22-18-. The molecule has 7 nitrogen and oxygen atoms in total. The average molecular weight is 447 g/mol. The van der Waals surface area contributed by atoms with Gasteiger partial charge in [-0.2, -0.15) is 5.26 Å². The molecule has 0 spiro atoms. The average Bonchev–Trinajstić information content (AvgIpc) is 2.83. The van der Waals surface area contributed by atoms with Crippen LogP contribution in [0.3, 0.4) is 0 Å². The van der Waals surface area contributed by atoms with Crippen LogP contribution in [0.15, 0.2) is 72.4 Å². The highest BCUT2D eigenvalue weighted by molar-refractivity contribution is 5.97. The van der Waals surface area contributed by atoms with E-state index in [9.17, 15) is 20.0 Å². The molecule has 7 heteroatoms. The number of carbonyl (C=O) groups excluding carboxylic acids is 1. The summed E-state index contributed by atoms with van der Waals surface area (Å²) in [6.07, 6.45) is 1.24. The lowest BCUT2D eigenvalue weighted by Crippen LogP contribution is -2.50. The number of hydrogen-bond acceptors (Lipinski definition) is 5. The van der Waals surface area contributed by atoms with Crippen molar-refractivity contribution in [1.82, 2.24) is 15.1 Å². The van der Waals surface area contributed by atoms with Gasteiger partial charge < -0.3 is 15.3 Å². The number of carboxylic acids is 1. The van der Waals surface area contributed by atoms with Crippen LogP contribution in [0, 0.1) is 17.2 Å². The minimum absolute atomic E-state index is 0.0830. The second-order valence-electron chi connectivity index (χ2n) is 8.45. The molecule has 2 N–H and O–H groups in total. The molecule has 0 saturated carbocycles. The summed E-state index contributed by atoms with van der Waals surface area (Å²) in [5.74, 6) is -1.59. The van der Waals surface area contributed by atoms with E-state index in [0.717, 1.165) is 0 Å². The summed E-state index contributed by atoms with van der Waals surface area (Å²) in [6.45, 7) is 5.83. The predicted octanol–water partition coefficient (Wildman–Crippen LogP) is 3.03. The van der Waals surface area contributed by atoms with Gasteiger partial charge in [0.1, 0.15) is 17.7 Å². The quantitative estimate of drug-likeness (QED) is 0.478. The van der Waals surface area contributed by atoms with E-state index in [1.54, 1.807) is 18.7 Å². The number of nitrogens with zero attached hydrogens (tertiary/aromatic N) is 3. The molecule has 3 rings (SSSR count). The number of carboxylic acid groups (broad SMARTS) is 1. The van der Waals surface area contributed by atoms with Crippen LogP contribution in [0.4, 0.5) is 0 Å². The van der Waals surface area contributed by atoms with Crippen molar-refractivity contribution in [3.8, 4) is 6.07 Å². The number of hydrogen-bond donors (Lipinski definition) is 2. The Labute approximate surface area is 194 Å². The van der Waals surface area contributed by atoms with Gasteiger partial charge >= 0.3 is 5.97 Å². The van der Waals surface area contributed by atoms with Gasteiger partial charge in [0.05, 0.1) is 6.04 Å². The molecule has 0 bridgehead atoms. The van der Waals surface area contributed by atoms with Crippen LogP contribution in [0.25, 0.3) is 0 Å². The Kier molecular flexibility index (Phi) is 8.22. The van der Waals surface area contributed by atoms with Gasteiger partial charge in [-0.25, -0.2) is 4.79 Å². The minimum atomic E-state index is -1.02. The van der Waals surface area contributed by atoms with Crippen molar-refractivity contribution in [2.75, 3.05) is 26.2 Å². The Bertz CT molecular complexity index is 967. The van der Waals surface area contributed by atoms with Crippen LogP contribution in [-0.4, -0.2) is 59.0 Å². The second kappa shape index (κ2) is 11.3. The third-order valence-corrected chi connectivity index (χ3v) is 5.89. The number of benzene rings is 2. The lowest BCUT2D eigenvalue weighted by molar-refractivity contribution is -0.140. The van der Waals surface area contributed by atoms with Crippen molar-refractivity contribution >= 4 is 11.9 Å². The highest BCUT2D eigenvalue weighted by Gasteiger charge is 2.29. The molecule has 2 aromatic carbocycles. The summed E-state index contributed by atoms with van der Waals surface area (Å²) in [4.78, 5) is 28.3.